The molecule has 0 unspecified atom stereocenters. The number of aryl methyl sites for hydroxylation is 1. The molecule has 0 saturated heterocycles. The van der Waals surface area contributed by atoms with E-state index >= 15 is 0 Å². The van der Waals surface area contributed by atoms with Gasteiger partial charge in [-0.1, -0.05) is 0 Å². The van der Waals surface area contributed by atoms with E-state index in [1.54, 1.807) is 0 Å². The zero-order chi connectivity index (χ0) is 25.6. The van der Waals surface area contributed by atoms with Gasteiger partial charge in [-0.15, -0.1) is 0 Å². The van der Waals surface area contributed by atoms with Crippen LogP contribution in [0.5, 0.6) is 0 Å². The van der Waals surface area contributed by atoms with Crippen molar-refractivity contribution in [2.24, 2.45) is 0 Å². The van der Waals surface area contributed by atoms with E-state index in [0.29, 0.717) is 5.56 Å². The van der Waals surface area contributed by atoms with Crippen LogP contribution in [0.1, 0.15) is 5.56 Å². The highest BCUT2D eigenvalue weighted by Crippen LogP contribution is 2.36. The number of benzene rings is 1. The molecule has 0 bridgehead atoms. The Morgan fingerprint density at radius 1 is 1.15 bits per heavy atom. The topological polar surface area (TPSA) is 242 Å². The lowest BCUT2D eigenvalue weighted by Gasteiger charge is -2.26. The highest BCUT2D eigenvalue weighted by Gasteiger charge is 2.30. The lowest BCUT2D eigenvalue weighted by molar-refractivity contribution is -0.0793. The second kappa shape index (κ2) is 9.24. The largest absolute Gasteiger partial charge is 0.469 e. The number of fused-ring (bicyclic) bond motifs is 2. The molecule has 0 radical (unpaired) electrons. The SMILES string of the molecule is Cc1cc2nc3c(=O)[nH]c(=O)nc-3n(C[C@H](O)[C@H](O)[C@H](O)COP(=O)(O)O)c2cc1S(C)(=O)=O. The summed E-state index contributed by atoms with van der Waals surface area (Å²) in [5.41, 5.74) is -1.82. The Labute approximate surface area is 190 Å². The van der Waals surface area contributed by atoms with Gasteiger partial charge >= 0.3 is 13.5 Å². The maximum absolute atomic E-state index is 12.3. The highest BCUT2D eigenvalue weighted by molar-refractivity contribution is 7.90. The molecule has 0 aliphatic carbocycles. The summed E-state index contributed by atoms with van der Waals surface area (Å²) in [4.78, 5) is 51.3. The van der Waals surface area contributed by atoms with E-state index in [4.69, 9.17) is 9.79 Å². The molecule has 2 heterocycles. The first-order chi connectivity index (χ1) is 15.6. The number of aliphatic hydroxyl groups is 3. The summed E-state index contributed by atoms with van der Waals surface area (Å²) in [6.07, 6.45) is -4.84. The van der Waals surface area contributed by atoms with Crippen LogP contribution in [0.25, 0.3) is 22.6 Å². The minimum atomic E-state index is -4.96. The van der Waals surface area contributed by atoms with Crippen molar-refractivity contribution in [1.29, 1.82) is 0 Å². The van der Waals surface area contributed by atoms with Crippen LogP contribution in [0.15, 0.2) is 26.6 Å². The summed E-state index contributed by atoms with van der Waals surface area (Å²) in [5.74, 6) is -0.336. The Morgan fingerprint density at radius 2 is 1.79 bits per heavy atom. The minimum Gasteiger partial charge on any atom is -0.388 e. The van der Waals surface area contributed by atoms with Crippen LogP contribution >= 0.6 is 7.82 Å². The number of sulfone groups is 1. The van der Waals surface area contributed by atoms with Crippen LogP contribution in [0.4, 0.5) is 0 Å². The first-order valence-corrected chi connectivity index (χ1v) is 12.9. The van der Waals surface area contributed by atoms with Gasteiger partial charge in [-0.3, -0.25) is 14.3 Å². The highest BCUT2D eigenvalue weighted by atomic mass is 32.2. The summed E-state index contributed by atoms with van der Waals surface area (Å²) in [7, 11) is -8.69. The molecule has 2 aliphatic rings. The van der Waals surface area contributed by atoms with E-state index in [0.717, 1.165) is 10.8 Å². The number of aromatic amines is 1. The van der Waals surface area contributed by atoms with Gasteiger partial charge < -0.3 is 29.7 Å². The summed E-state index contributed by atoms with van der Waals surface area (Å²) in [6.45, 7) is -0.151. The number of nitrogens with one attached hydrogen (secondary N) is 1. The Kier molecular flexibility index (Phi) is 7.08. The minimum absolute atomic E-state index is 0.0308. The number of hydrogen-bond donors (Lipinski definition) is 6. The van der Waals surface area contributed by atoms with Crippen molar-refractivity contribution in [2.75, 3.05) is 12.9 Å². The molecule has 0 spiro atoms. The number of hydrogen-bond acceptors (Lipinski definition) is 11. The second-order valence-corrected chi connectivity index (χ2v) is 10.8. The van der Waals surface area contributed by atoms with Crippen LogP contribution < -0.4 is 11.2 Å². The predicted octanol–water partition coefficient (Wildman–Crippen LogP) is -2.51. The van der Waals surface area contributed by atoms with Crippen molar-refractivity contribution >= 4 is 28.7 Å². The molecular formula is C17H21N4O11PS. The normalized spacial score (nSPS) is 15.5. The molecule has 34 heavy (non-hydrogen) atoms. The number of aromatic nitrogens is 4. The molecule has 186 valence electrons. The third-order valence-corrected chi connectivity index (χ3v) is 6.60. The van der Waals surface area contributed by atoms with Gasteiger partial charge in [-0.2, -0.15) is 4.98 Å². The summed E-state index contributed by atoms with van der Waals surface area (Å²) in [5, 5.41) is 30.7. The molecule has 0 saturated carbocycles. The molecule has 6 N–H and O–H groups in total. The van der Waals surface area contributed by atoms with Crippen molar-refractivity contribution < 1.29 is 42.6 Å². The van der Waals surface area contributed by atoms with E-state index in [1.807, 2.05) is 4.98 Å². The quantitative estimate of drug-likeness (QED) is 0.133. The van der Waals surface area contributed by atoms with Crippen molar-refractivity contribution in [2.45, 2.75) is 36.7 Å². The molecule has 2 aliphatic heterocycles. The zero-order valence-electron chi connectivity index (χ0n) is 17.7. The molecule has 3 atom stereocenters. The van der Waals surface area contributed by atoms with E-state index in [1.165, 1.54) is 19.1 Å². The van der Waals surface area contributed by atoms with E-state index in [9.17, 15) is 37.9 Å². The molecule has 3 rings (SSSR count). The molecule has 0 fully saturated rings. The monoisotopic (exact) mass is 520 g/mol. The van der Waals surface area contributed by atoms with Gasteiger partial charge in [-0.05, 0) is 24.6 Å². The van der Waals surface area contributed by atoms with Crippen molar-refractivity contribution in [3.63, 3.8) is 0 Å². The number of rotatable bonds is 8. The van der Waals surface area contributed by atoms with Gasteiger partial charge in [0.05, 0.1) is 29.1 Å². The van der Waals surface area contributed by atoms with Crippen molar-refractivity contribution in [3.8, 4) is 11.5 Å². The maximum Gasteiger partial charge on any atom is 0.469 e. The van der Waals surface area contributed by atoms with Gasteiger partial charge in [0.2, 0.25) is 0 Å². The molecule has 1 aromatic carbocycles. The first kappa shape index (κ1) is 26.1. The number of aliphatic hydroxyl groups excluding tert-OH is 3. The van der Waals surface area contributed by atoms with Crippen LogP contribution in [0.2, 0.25) is 0 Å². The molecule has 0 amide bonds. The third kappa shape index (κ3) is 5.56. The van der Waals surface area contributed by atoms with Crippen molar-refractivity contribution in [3.05, 3.63) is 38.5 Å². The first-order valence-electron chi connectivity index (χ1n) is 9.48. The predicted molar refractivity (Wildman–Crippen MR) is 115 cm³/mol. The van der Waals surface area contributed by atoms with E-state index < -0.39 is 60.4 Å². The standard InChI is InChI=1S/C17H21N4O11PS/c1-7-3-8-9(4-12(7)34(2,30)31)21(15-13(18-8)16(25)20-17(26)19-15)5-10(22)14(24)11(23)6-32-33(27,28)29/h3-4,10-11,14,22-24H,5-6H2,1-2H3,(H,20,25,26)(H2,27,28,29)/t10-,11+,14-/m0/s1. The number of H-pyrrole nitrogens is 1. The van der Waals surface area contributed by atoms with Crippen molar-refractivity contribution in [1.82, 2.24) is 19.5 Å². The molecule has 0 aromatic heterocycles. The Balaban J connectivity index is 2.17. The van der Waals surface area contributed by atoms with E-state index in [2.05, 4.69) is 14.5 Å². The van der Waals surface area contributed by atoms with Gasteiger partial charge in [-0.25, -0.2) is 22.8 Å². The summed E-state index contributed by atoms with van der Waals surface area (Å²) < 4.78 is 40.4. The van der Waals surface area contributed by atoms with Crippen LogP contribution in [-0.2, 0) is 25.5 Å². The molecule has 1 aromatic rings. The lowest BCUT2D eigenvalue weighted by Crippen LogP contribution is -2.42. The number of phosphoric acid groups is 1. The third-order valence-electron chi connectivity index (χ3n) is 4.88. The average molecular weight is 520 g/mol. The molecule has 17 heteroatoms. The van der Waals surface area contributed by atoms with Crippen LogP contribution in [-0.4, -0.2) is 84.2 Å². The average Bonchev–Trinajstić information content (AvgIpc) is 2.70. The van der Waals surface area contributed by atoms with Gasteiger partial charge in [0.1, 0.15) is 18.3 Å². The number of nitrogens with zero attached hydrogens (tertiary/aromatic N) is 3. The maximum atomic E-state index is 12.3. The van der Waals surface area contributed by atoms with Crippen LogP contribution in [0.3, 0.4) is 0 Å². The summed E-state index contributed by atoms with van der Waals surface area (Å²) >= 11 is 0. The fourth-order valence-corrected chi connectivity index (χ4v) is 4.65. The van der Waals surface area contributed by atoms with E-state index in [-0.39, 0.29) is 27.4 Å². The number of phosphoric ester groups is 1. The Bertz CT molecular complexity index is 1480. The second-order valence-electron chi connectivity index (χ2n) is 7.56. The fraction of sp³-hybridized carbons (Fsp3) is 0.412. The van der Waals surface area contributed by atoms with Gasteiger partial charge in [0, 0.05) is 6.26 Å². The smallest absolute Gasteiger partial charge is 0.388 e. The fourth-order valence-electron chi connectivity index (χ4n) is 3.33. The molecule has 15 nitrogen and oxygen atoms in total. The Morgan fingerprint density at radius 3 is 2.38 bits per heavy atom. The lowest BCUT2D eigenvalue weighted by atomic mass is 10.1. The Hall–Kier alpha value is -2.56. The van der Waals surface area contributed by atoms with Crippen LogP contribution in [0, 0.1) is 6.92 Å². The van der Waals surface area contributed by atoms with Gasteiger partial charge in [0.15, 0.2) is 21.4 Å². The molecular weight excluding hydrogens is 499 g/mol. The zero-order valence-corrected chi connectivity index (χ0v) is 19.4. The summed E-state index contributed by atoms with van der Waals surface area (Å²) in [6, 6.07) is 2.57. The van der Waals surface area contributed by atoms with Gasteiger partial charge in [0.25, 0.3) is 5.56 Å².